The third-order valence-corrected chi connectivity index (χ3v) is 3.83. The molecule has 0 aliphatic heterocycles. The molecule has 0 saturated heterocycles. The lowest BCUT2D eigenvalue weighted by atomic mass is 10.1. The summed E-state index contributed by atoms with van der Waals surface area (Å²) in [5.41, 5.74) is 2.48. The summed E-state index contributed by atoms with van der Waals surface area (Å²) in [7, 11) is 0. The van der Waals surface area contributed by atoms with Gasteiger partial charge in [-0.05, 0) is 25.0 Å². The van der Waals surface area contributed by atoms with Gasteiger partial charge < -0.3 is 4.57 Å². The van der Waals surface area contributed by atoms with Crippen LogP contribution in [0.15, 0.2) is 24.3 Å². The fourth-order valence-electron chi connectivity index (χ4n) is 3.02. The predicted molar refractivity (Wildman–Crippen MR) is 71.3 cm³/mol. The number of aromatic nitrogens is 2. The Hall–Kier alpha value is -1.31. The molecule has 1 fully saturated rings. The van der Waals surface area contributed by atoms with Gasteiger partial charge in [-0.1, -0.05) is 38.8 Å². The van der Waals surface area contributed by atoms with Crippen LogP contribution in [-0.2, 0) is 0 Å². The zero-order valence-electron chi connectivity index (χ0n) is 10.7. The van der Waals surface area contributed by atoms with Crippen LogP contribution in [0.1, 0.15) is 57.3 Å². The van der Waals surface area contributed by atoms with Gasteiger partial charge in [-0.15, -0.1) is 0 Å². The van der Waals surface area contributed by atoms with Gasteiger partial charge in [-0.2, -0.15) is 0 Å². The maximum absolute atomic E-state index is 4.82. The highest BCUT2D eigenvalue weighted by molar-refractivity contribution is 5.76. The monoisotopic (exact) mass is 228 g/mol. The lowest BCUT2D eigenvalue weighted by Crippen LogP contribution is -2.10. The first-order chi connectivity index (χ1) is 8.27. The van der Waals surface area contributed by atoms with Gasteiger partial charge in [-0.25, -0.2) is 4.98 Å². The molecule has 0 amide bonds. The van der Waals surface area contributed by atoms with Crippen LogP contribution in [0.2, 0.25) is 0 Å². The standard InChI is InChI=1S/C15H20N2/c1-11(2)15-16-13-9-5-6-10-14(13)17(15)12-7-3-4-8-12/h5-6,9-12H,3-4,7-8H2,1-2H3. The molecule has 0 unspecified atom stereocenters. The van der Waals surface area contributed by atoms with E-state index in [0.29, 0.717) is 12.0 Å². The van der Waals surface area contributed by atoms with Crippen molar-refractivity contribution in [2.24, 2.45) is 0 Å². The smallest absolute Gasteiger partial charge is 0.112 e. The molecule has 1 aromatic carbocycles. The first-order valence-electron chi connectivity index (χ1n) is 6.74. The molecule has 0 radical (unpaired) electrons. The van der Waals surface area contributed by atoms with E-state index in [2.05, 4.69) is 42.7 Å². The highest BCUT2D eigenvalue weighted by Gasteiger charge is 2.23. The van der Waals surface area contributed by atoms with E-state index >= 15 is 0 Å². The summed E-state index contributed by atoms with van der Waals surface area (Å²) >= 11 is 0. The summed E-state index contributed by atoms with van der Waals surface area (Å²) in [6.45, 7) is 4.49. The lowest BCUT2D eigenvalue weighted by Gasteiger charge is -2.18. The Morgan fingerprint density at radius 2 is 1.88 bits per heavy atom. The third kappa shape index (κ3) is 1.76. The highest BCUT2D eigenvalue weighted by Crippen LogP contribution is 2.35. The van der Waals surface area contributed by atoms with Crippen molar-refractivity contribution < 1.29 is 0 Å². The van der Waals surface area contributed by atoms with Crippen LogP contribution in [-0.4, -0.2) is 9.55 Å². The Morgan fingerprint density at radius 3 is 2.59 bits per heavy atom. The lowest BCUT2D eigenvalue weighted by molar-refractivity contribution is 0.499. The summed E-state index contributed by atoms with van der Waals surface area (Å²) < 4.78 is 2.51. The molecule has 0 bridgehead atoms. The van der Waals surface area contributed by atoms with Gasteiger partial charge in [0.25, 0.3) is 0 Å². The van der Waals surface area contributed by atoms with Crippen LogP contribution in [0.4, 0.5) is 0 Å². The maximum Gasteiger partial charge on any atom is 0.112 e. The average molecular weight is 228 g/mol. The minimum absolute atomic E-state index is 0.503. The van der Waals surface area contributed by atoms with E-state index in [-0.39, 0.29) is 0 Å². The van der Waals surface area contributed by atoms with Crippen molar-refractivity contribution in [2.45, 2.75) is 51.5 Å². The summed E-state index contributed by atoms with van der Waals surface area (Å²) in [4.78, 5) is 4.82. The number of nitrogens with zero attached hydrogens (tertiary/aromatic N) is 2. The Morgan fingerprint density at radius 1 is 1.18 bits per heavy atom. The van der Waals surface area contributed by atoms with Crippen molar-refractivity contribution >= 4 is 11.0 Å². The fraction of sp³-hybridized carbons (Fsp3) is 0.533. The molecule has 1 heterocycles. The van der Waals surface area contributed by atoms with E-state index in [4.69, 9.17) is 4.98 Å². The molecular formula is C15H20N2. The SMILES string of the molecule is CC(C)c1nc2ccccc2n1C1CCCC1. The number of rotatable bonds is 2. The first kappa shape index (κ1) is 10.8. The molecule has 1 aromatic heterocycles. The van der Waals surface area contributed by atoms with Gasteiger partial charge in [-0.3, -0.25) is 0 Å². The summed E-state index contributed by atoms with van der Waals surface area (Å²) in [6, 6.07) is 9.23. The number of benzene rings is 1. The minimum atomic E-state index is 0.503. The molecule has 90 valence electrons. The molecule has 0 atom stereocenters. The maximum atomic E-state index is 4.82. The first-order valence-corrected chi connectivity index (χ1v) is 6.74. The van der Waals surface area contributed by atoms with Gasteiger partial charge >= 0.3 is 0 Å². The average Bonchev–Trinajstić information content (AvgIpc) is 2.94. The number of imidazole rings is 1. The van der Waals surface area contributed by atoms with Crippen molar-refractivity contribution in [3.8, 4) is 0 Å². The molecule has 2 nitrogen and oxygen atoms in total. The topological polar surface area (TPSA) is 17.8 Å². The van der Waals surface area contributed by atoms with Crippen LogP contribution in [0.3, 0.4) is 0 Å². The Bertz CT molecular complexity index is 519. The molecule has 2 aromatic rings. The number of hydrogen-bond donors (Lipinski definition) is 0. The number of para-hydroxylation sites is 2. The van der Waals surface area contributed by atoms with Crippen molar-refractivity contribution in [1.29, 1.82) is 0 Å². The summed E-state index contributed by atoms with van der Waals surface area (Å²) in [5.74, 6) is 1.76. The van der Waals surface area contributed by atoms with Crippen LogP contribution in [0.25, 0.3) is 11.0 Å². The van der Waals surface area contributed by atoms with Crippen molar-refractivity contribution in [3.63, 3.8) is 0 Å². The van der Waals surface area contributed by atoms with Crippen LogP contribution >= 0.6 is 0 Å². The third-order valence-electron chi connectivity index (χ3n) is 3.83. The molecule has 1 saturated carbocycles. The van der Waals surface area contributed by atoms with Gasteiger partial charge in [0.15, 0.2) is 0 Å². The normalized spacial score (nSPS) is 17.4. The van der Waals surface area contributed by atoms with Gasteiger partial charge in [0.1, 0.15) is 5.82 Å². The van der Waals surface area contributed by atoms with E-state index < -0.39 is 0 Å². The molecular weight excluding hydrogens is 208 g/mol. The predicted octanol–water partition coefficient (Wildman–Crippen LogP) is 4.27. The minimum Gasteiger partial charge on any atom is -0.325 e. The second kappa shape index (κ2) is 4.17. The Kier molecular flexibility index (Phi) is 2.65. The highest BCUT2D eigenvalue weighted by atomic mass is 15.1. The summed E-state index contributed by atoms with van der Waals surface area (Å²) in [5, 5.41) is 0. The second-order valence-electron chi connectivity index (χ2n) is 5.42. The van der Waals surface area contributed by atoms with Crippen LogP contribution < -0.4 is 0 Å². The second-order valence-corrected chi connectivity index (χ2v) is 5.42. The fourth-order valence-corrected chi connectivity index (χ4v) is 3.02. The van der Waals surface area contributed by atoms with Gasteiger partial charge in [0, 0.05) is 12.0 Å². The van der Waals surface area contributed by atoms with E-state index in [9.17, 15) is 0 Å². The number of hydrogen-bond acceptors (Lipinski definition) is 1. The van der Waals surface area contributed by atoms with Crippen molar-refractivity contribution in [3.05, 3.63) is 30.1 Å². The zero-order chi connectivity index (χ0) is 11.8. The van der Waals surface area contributed by atoms with Crippen LogP contribution in [0.5, 0.6) is 0 Å². The quantitative estimate of drug-likeness (QED) is 0.750. The molecule has 2 heteroatoms. The largest absolute Gasteiger partial charge is 0.325 e. The molecule has 1 aliphatic carbocycles. The van der Waals surface area contributed by atoms with E-state index in [0.717, 1.165) is 5.52 Å². The van der Waals surface area contributed by atoms with Crippen molar-refractivity contribution in [2.75, 3.05) is 0 Å². The summed E-state index contributed by atoms with van der Waals surface area (Å²) in [6.07, 6.45) is 5.38. The molecule has 0 spiro atoms. The van der Waals surface area contributed by atoms with E-state index in [1.807, 2.05) is 0 Å². The van der Waals surface area contributed by atoms with Gasteiger partial charge in [0.05, 0.1) is 11.0 Å². The molecule has 3 rings (SSSR count). The Labute approximate surface area is 103 Å². The molecule has 0 N–H and O–H groups in total. The van der Waals surface area contributed by atoms with Crippen LogP contribution in [0, 0.1) is 0 Å². The van der Waals surface area contributed by atoms with Gasteiger partial charge in [0.2, 0.25) is 0 Å². The van der Waals surface area contributed by atoms with Crippen molar-refractivity contribution in [1.82, 2.24) is 9.55 Å². The number of fused-ring (bicyclic) bond motifs is 1. The Balaban J connectivity index is 2.20. The van der Waals surface area contributed by atoms with E-state index in [1.54, 1.807) is 0 Å². The zero-order valence-corrected chi connectivity index (χ0v) is 10.7. The van der Waals surface area contributed by atoms with E-state index in [1.165, 1.54) is 37.0 Å². The molecule has 17 heavy (non-hydrogen) atoms. The molecule has 1 aliphatic rings.